The van der Waals surface area contributed by atoms with Crippen LogP contribution in [0.5, 0.6) is 0 Å². The van der Waals surface area contributed by atoms with Gasteiger partial charge in [0.2, 0.25) is 5.91 Å². The van der Waals surface area contributed by atoms with Crippen molar-refractivity contribution in [2.24, 2.45) is 0 Å². The number of carbonyl (C=O) groups excluding carboxylic acids is 1. The molecule has 1 aliphatic rings. The fourth-order valence-electron chi connectivity index (χ4n) is 3.19. The van der Waals surface area contributed by atoms with Gasteiger partial charge in [0.05, 0.1) is 0 Å². The maximum Gasteiger partial charge on any atom is 0.216 e. The molecule has 0 unspecified atom stereocenters. The Labute approximate surface area is 131 Å². The number of nitrogens with one attached hydrogen (secondary N) is 1. The number of amides is 1. The van der Waals surface area contributed by atoms with E-state index in [-0.39, 0.29) is 5.91 Å². The van der Waals surface area contributed by atoms with Gasteiger partial charge in [-0.05, 0) is 35.1 Å². The van der Waals surface area contributed by atoms with Crippen LogP contribution in [0.1, 0.15) is 47.9 Å². The Bertz CT molecular complexity index is 653. The van der Waals surface area contributed by atoms with Gasteiger partial charge in [-0.15, -0.1) is 0 Å². The second-order valence-electron chi connectivity index (χ2n) is 5.77. The minimum absolute atomic E-state index is 0.0448. The Kier molecular flexibility index (Phi) is 4.38. The Morgan fingerprint density at radius 1 is 0.955 bits per heavy atom. The van der Waals surface area contributed by atoms with Gasteiger partial charge in [0.15, 0.2) is 0 Å². The number of hydrogen-bond donors (Lipinski definition) is 1. The number of hydrogen-bond acceptors (Lipinski definition) is 1. The number of benzene rings is 2. The SMILES string of the molecule is CC(=O)NCCCC1c2ccccc2C=Cc2ccccc21. The molecule has 0 fully saturated rings. The zero-order valence-electron chi connectivity index (χ0n) is 12.9. The average molecular weight is 291 g/mol. The lowest BCUT2D eigenvalue weighted by Gasteiger charge is -2.20. The van der Waals surface area contributed by atoms with Crippen molar-refractivity contribution < 1.29 is 4.79 Å². The number of rotatable bonds is 4. The zero-order chi connectivity index (χ0) is 15.4. The molecule has 2 nitrogen and oxygen atoms in total. The first-order chi connectivity index (χ1) is 10.8. The van der Waals surface area contributed by atoms with E-state index >= 15 is 0 Å². The molecule has 0 bridgehead atoms. The van der Waals surface area contributed by atoms with E-state index in [0.29, 0.717) is 5.92 Å². The molecule has 1 amide bonds. The van der Waals surface area contributed by atoms with Crippen molar-refractivity contribution in [3.8, 4) is 0 Å². The van der Waals surface area contributed by atoms with Crippen LogP contribution in [0.2, 0.25) is 0 Å². The molecule has 112 valence electrons. The fourth-order valence-corrected chi connectivity index (χ4v) is 3.19. The predicted molar refractivity (Wildman–Crippen MR) is 91.6 cm³/mol. The molecule has 0 radical (unpaired) electrons. The molecular weight excluding hydrogens is 270 g/mol. The van der Waals surface area contributed by atoms with E-state index in [9.17, 15) is 4.79 Å². The second-order valence-corrected chi connectivity index (χ2v) is 5.77. The van der Waals surface area contributed by atoms with Gasteiger partial charge in [-0.1, -0.05) is 60.7 Å². The summed E-state index contributed by atoms with van der Waals surface area (Å²) in [4.78, 5) is 11.0. The summed E-state index contributed by atoms with van der Waals surface area (Å²) < 4.78 is 0. The van der Waals surface area contributed by atoms with E-state index in [1.807, 2.05) is 0 Å². The van der Waals surface area contributed by atoms with Gasteiger partial charge in [-0.25, -0.2) is 0 Å². The van der Waals surface area contributed by atoms with Gasteiger partial charge in [0.1, 0.15) is 0 Å². The highest BCUT2D eigenvalue weighted by Crippen LogP contribution is 2.37. The summed E-state index contributed by atoms with van der Waals surface area (Å²) >= 11 is 0. The van der Waals surface area contributed by atoms with E-state index in [2.05, 4.69) is 66.0 Å². The smallest absolute Gasteiger partial charge is 0.216 e. The maximum absolute atomic E-state index is 11.0. The van der Waals surface area contributed by atoms with E-state index in [0.717, 1.165) is 19.4 Å². The van der Waals surface area contributed by atoms with Gasteiger partial charge < -0.3 is 5.32 Å². The van der Waals surface area contributed by atoms with Gasteiger partial charge in [0, 0.05) is 19.4 Å². The molecule has 0 spiro atoms. The molecule has 3 rings (SSSR count). The highest BCUT2D eigenvalue weighted by Gasteiger charge is 2.20. The summed E-state index contributed by atoms with van der Waals surface area (Å²) in [5.74, 6) is 0.430. The monoisotopic (exact) mass is 291 g/mol. The van der Waals surface area contributed by atoms with Crippen LogP contribution in [-0.2, 0) is 4.79 Å². The van der Waals surface area contributed by atoms with Crippen molar-refractivity contribution in [2.45, 2.75) is 25.7 Å². The van der Waals surface area contributed by atoms with Crippen molar-refractivity contribution in [1.29, 1.82) is 0 Å². The highest BCUT2D eigenvalue weighted by atomic mass is 16.1. The molecule has 0 saturated carbocycles. The minimum atomic E-state index is 0.0448. The lowest BCUT2D eigenvalue weighted by Crippen LogP contribution is -2.21. The first-order valence-electron chi connectivity index (χ1n) is 7.86. The summed E-state index contributed by atoms with van der Waals surface area (Å²) in [7, 11) is 0. The molecule has 1 aliphatic carbocycles. The molecular formula is C20H21NO. The van der Waals surface area contributed by atoms with Gasteiger partial charge >= 0.3 is 0 Å². The van der Waals surface area contributed by atoms with Gasteiger partial charge in [-0.3, -0.25) is 4.79 Å². The summed E-state index contributed by atoms with van der Waals surface area (Å²) in [6.45, 7) is 2.31. The Hall–Kier alpha value is -2.35. The maximum atomic E-state index is 11.0. The van der Waals surface area contributed by atoms with Crippen molar-refractivity contribution >= 4 is 18.1 Å². The Morgan fingerprint density at radius 3 is 2.05 bits per heavy atom. The quantitative estimate of drug-likeness (QED) is 0.840. The minimum Gasteiger partial charge on any atom is -0.356 e. The van der Waals surface area contributed by atoms with Crippen LogP contribution < -0.4 is 5.32 Å². The molecule has 2 aromatic carbocycles. The van der Waals surface area contributed by atoms with Crippen LogP contribution in [0, 0.1) is 0 Å². The summed E-state index contributed by atoms with van der Waals surface area (Å²) in [6.07, 6.45) is 6.44. The van der Waals surface area contributed by atoms with Gasteiger partial charge in [0.25, 0.3) is 0 Å². The van der Waals surface area contributed by atoms with Crippen LogP contribution >= 0.6 is 0 Å². The molecule has 22 heavy (non-hydrogen) atoms. The average Bonchev–Trinajstić information content (AvgIpc) is 2.69. The van der Waals surface area contributed by atoms with E-state index in [1.54, 1.807) is 6.92 Å². The fraction of sp³-hybridized carbons (Fsp3) is 0.250. The molecule has 0 atom stereocenters. The van der Waals surface area contributed by atoms with Crippen molar-refractivity contribution in [1.82, 2.24) is 5.32 Å². The first kappa shape index (κ1) is 14.6. The molecule has 0 aliphatic heterocycles. The molecule has 2 heteroatoms. The third-order valence-electron chi connectivity index (χ3n) is 4.23. The largest absolute Gasteiger partial charge is 0.356 e. The third kappa shape index (κ3) is 3.11. The molecule has 0 heterocycles. The Morgan fingerprint density at radius 2 is 1.50 bits per heavy atom. The second kappa shape index (κ2) is 6.61. The van der Waals surface area contributed by atoms with Crippen molar-refractivity contribution in [3.05, 3.63) is 70.8 Å². The van der Waals surface area contributed by atoms with E-state index in [4.69, 9.17) is 0 Å². The summed E-state index contributed by atoms with van der Waals surface area (Å²) in [5.41, 5.74) is 5.35. The topological polar surface area (TPSA) is 29.1 Å². The van der Waals surface area contributed by atoms with Crippen LogP contribution in [0.4, 0.5) is 0 Å². The first-order valence-corrected chi connectivity index (χ1v) is 7.86. The zero-order valence-corrected chi connectivity index (χ0v) is 12.9. The summed E-state index contributed by atoms with van der Waals surface area (Å²) in [5, 5.41) is 2.89. The van der Waals surface area contributed by atoms with Gasteiger partial charge in [-0.2, -0.15) is 0 Å². The molecule has 0 aromatic heterocycles. The molecule has 2 aromatic rings. The number of carbonyl (C=O) groups is 1. The van der Waals surface area contributed by atoms with Crippen LogP contribution in [0.3, 0.4) is 0 Å². The summed E-state index contributed by atoms with van der Waals surface area (Å²) in [6, 6.07) is 17.2. The van der Waals surface area contributed by atoms with Crippen LogP contribution in [-0.4, -0.2) is 12.5 Å². The molecule has 0 saturated heterocycles. The Balaban J connectivity index is 1.90. The van der Waals surface area contributed by atoms with Crippen molar-refractivity contribution in [3.63, 3.8) is 0 Å². The predicted octanol–water partition coefficient (Wildman–Crippen LogP) is 4.22. The van der Waals surface area contributed by atoms with E-state index in [1.165, 1.54) is 22.3 Å². The normalized spacial score (nSPS) is 13.1. The lowest BCUT2D eigenvalue weighted by atomic mass is 9.84. The highest BCUT2D eigenvalue weighted by molar-refractivity contribution is 5.76. The van der Waals surface area contributed by atoms with Crippen LogP contribution in [0.15, 0.2) is 48.5 Å². The van der Waals surface area contributed by atoms with Crippen molar-refractivity contribution in [2.75, 3.05) is 6.54 Å². The standard InChI is InChI=1S/C20H21NO/c1-15(22)21-14-6-11-20-18-9-4-2-7-16(18)12-13-17-8-3-5-10-19(17)20/h2-5,7-10,12-13,20H,6,11,14H2,1H3,(H,21,22). The number of fused-ring (bicyclic) bond motifs is 2. The molecule has 1 N–H and O–H groups in total. The third-order valence-corrected chi connectivity index (χ3v) is 4.23. The lowest BCUT2D eigenvalue weighted by molar-refractivity contribution is -0.118. The van der Waals surface area contributed by atoms with Crippen LogP contribution in [0.25, 0.3) is 12.2 Å². The van der Waals surface area contributed by atoms with E-state index < -0.39 is 0 Å².